The number of amides is 1. The Hall–Kier alpha value is -1.03. The van der Waals surface area contributed by atoms with Gasteiger partial charge in [-0.05, 0) is 69.2 Å². The van der Waals surface area contributed by atoms with Crippen molar-refractivity contribution in [2.24, 2.45) is 5.92 Å². The summed E-state index contributed by atoms with van der Waals surface area (Å²) in [6.07, 6.45) is 10.6. The van der Waals surface area contributed by atoms with Crippen LogP contribution in [0.2, 0.25) is 10.0 Å². The Morgan fingerprint density at radius 1 is 1.18 bits per heavy atom. The fraction of sp³-hybridized carbons (Fsp3) is 0.583. The summed E-state index contributed by atoms with van der Waals surface area (Å²) < 4.78 is 1.90. The number of aromatic nitrogens is 2. The number of hydrogen-bond donors (Lipinski definition) is 1. The molecule has 2 heterocycles. The van der Waals surface area contributed by atoms with E-state index in [4.69, 9.17) is 23.2 Å². The molecule has 1 amide bonds. The first-order valence-corrected chi connectivity index (χ1v) is 13.8. The molecule has 4 rings (SSSR count). The summed E-state index contributed by atoms with van der Waals surface area (Å²) in [7, 11) is 0. The predicted octanol–water partition coefficient (Wildman–Crippen LogP) is 6.01. The SMILES string of the molecule is C[C@H](I)c1cc(Cl)c(Cl)c(N2CCN(CCC3CCC(NC(=O)n4ccnc4)CC3)CC2)c1. The molecule has 2 aromatic rings. The maximum atomic E-state index is 12.2. The lowest BCUT2D eigenvalue weighted by Gasteiger charge is -2.38. The Morgan fingerprint density at radius 3 is 2.55 bits per heavy atom. The molecule has 1 aromatic carbocycles. The highest BCUT2D eigenvalue weighted by Crippen LogP contribution is 2.38. The lowest BCUT2D eigenvalue weighted by molar-refractivity contribution is 0.206. The molecule has 1 N–H and O–H groups in total. The van der Waals surface area contributed by atoms with Gasteiger partial charge in [0.2, 0.25) is 0 Å². The Kier molecular flexibility index (Phi) is 8.81. The second-order valence-electron chi connectivity index (χ2n) is 9.21. The average molecular weight is 604 g/mol. The van der Waals surface area contributed by atoms with Crippen LogP contribution in [0.4, 0.5) is 10.5 Å². The third-order valence-electron chi connectivity index (χ3n) is 6.97. The van der Waals surface area contributed by atoms with Crippen molar-refractivity contribution in [1.82, 2.24) is 19.8 Å². The minimum Gasteiger partial charge on any atom is -0.368 e. The van der Waals surface area contributed by atoms with E-state index in [-0.39, 0.29) is 12.1 Å². The summed E-state index contributed by atoms with van der Waals surface area (Å²) in [5.74, 6) is 0.750. The largest absolute Gasteiger partial charge is 0.368 e. The fourth-order valence-corrected chi connectivity index (χ4v) is 5.67. The Morgan fingerprint density at radius 2 is 1.91 bits per heavy atom. The van der Waals surface area contributed by atoms with Crippen LogP contribution in [0, 0.1) is 5.92 Å². The molecule has 1 aromatic heterocycles. The highest BCUT2D eigenvalue weighted by molar-refractivity contribution is 14.1. The summed E-state index contributed by atoms with van der Waals surface area (Å²) in [5, 5.41) is 4.45. The molecule has 0 bridgehead atoms. The highest BCUT2D eigenvalue weighted by atomic mass is 127. The fourth-order valence-electron chi connectivity index (χ4n) is 4.86. The van der Waals surface area contributed by atoms with E-state index >= 15 is 0 Å². The first kappa shape index (κ1) is 25.1. The first-order valence-electron chi connectivity index (χ1n) is 11.8. The van der Waals surface area contributed by atoms with Gasteiger partial charge >= 0.3 is 6.03 Å². The number of halogens is 3. The van der Waals surface area contributed by atoms with Gasteiger partial charge in [0, 0.05) is 48.5 Å². The predicted molar refractivity (Wildman–Crippen MR) is 144 cm³/mol. The van der Waals surface area contributed by atoms with Crippen LogP contribution in [-0.4, -0.2) is 59.2 Å². The van der Waals surface area contributed by atoms with Crippen LogP contribution < -0.4 is 10.2 Å². The number of rotatable bonds is 6. The van der Waals surface area contributed by atoms with E-state index in [9.17, 15) is 4.79 Å². The van der Waals surface area contributed by atoms with Crippen LogP contribution in [0.1, 0.15) is 48.5 Å². The van der Waals surface area contributed by atoms with Crippen molar-refractivity contribution in [2.45, 2.75) is 49.0 Å². The van der Waals surface area contributed by atoms with Crippen LogP contribution in [0.3, 0.4) is 0 Å². The number of hydrogen-bond acceptors (Lipinski definition) is 4. The molecule has 9 heteroatoms. The van der Waals surface area contributed by atoms with Crippen molar-refractivity contribution < 1.29 is 4.79 Å². The van der Waals surface area contributed by atoms with E-state index in [0.717, 1.165) is 57.2 Å². The summed E-state index contributed by atoms with van der Waals surface area (Å²) in [4.78, 5) is 21.1. The van der Waals surface area contributed by atoms with Crippen molar-refractivity contribution in [3.63, 3.8) is 0 Å². The van der Waals surface area contributed by atoms with Gasteiger partial charge in [0.25, 0.3) is 0 Å². The van der Waals surface area contributed by atoms with E-state index in [1.807, 2.05) is 6.07 Å². The normalized spacial score (nSPS) is 22.8. The lowest BCUT2D eigenvalue weighted by atomic mass is 9.84. The van der Waals surface area contributed by atoms with Crippen molar-refractivity contribution in [3.05, 3.63) is 46.5 Å². The molecule has 0 unspecified atom stereocenters. The van der Waals surface area contributed by atoms with Crippen LogP contribution in [0.5, 0.6) is 0 Å². The van der Waals surface area contributed by atoms with Gasteiger partial charge in [-0.3, -0.25) is 9.47 Å². The van der Waals surface area contributed by atoms with Gasteiger partial charge in [0.15, 0.2) is 0 Å². The number of carbonyl (C=O) groups is 1. The molecule has 0 spiro atoms. The van der Waals surface area contributed by atoms with E-state index in [1.165, 1.54) is 29.4 Å². The molecule has 180 valence electrons. The Labute approximate surface area is 220 Å². The topological polar surface area (TPSA) is 53.4 Å². The zero-order chi connectivity index (χ0) is 23.4. The smallest absolute Gasteiger partial charge is 0.327 e. The van der Waals surface area contributed by atoms with Crippen molar-refractivity contribution in [2.75, 3.05) is 37.6 Å². The first-order chi connectivity index (χ1) is 15.9. The van der Waals surface area contributed by atoms with E-state index in [2.05, 4.69) is 55.7 Å². The molecule has 1 aliphatic carbocycles. The number of benzene rings is 1. The zero-order valence-electron chi connectivity index (χ0n) is 19.0. The molecule has 2 fully saturated rings. The number of carbonyl (C=O) groups excluding carboxylic acids is 1. The molecule has 6 nitrogen and oxygen atoms in total. The number of imidazole rings is 1. The van der Waals surface area contributed by atoms with Gasteiger partial charge < -0.3 is 10.2 Å². The molecule has 1 saturated heterocycles. The number of anilines is 1. The molecule has 1 saturated carbocycles. The number of nitrogens with zero attached hydrogens (tertiary/aromatic N) is 4. The van der Waals surface area contributed by atoms with Gasteiger partial charge in [-0.15, -0.1) is 0 Å². The van der Waals surface area contributed by atoms with Crippen LogP contribution >= 0.6 is 45.8 Å². The van der Waals surface area contributed by atoms with Crippen LogP contribution in [-0.2, 0) is 0 Å². The maximum Gasteiger partial charge on any atom is 0.327 e. The quantitative estimate of drug-likeness (QED) is 0.324. The van der Waals surface area contributed by atoms with Gasteiger partial charge in [0.1, 0.15) is 6.33 Å². The molecule has 1 aliphatic heterocycles. The minimum absolute atomic E-state index is 0.0753. The van der Waals surface area contributed by atoms with E-state index in [1.54, 1.807) is 18.7 Å². The second-order valence-corrected chi connectivity index (χ2v) is 11.9. The summed E-state index contributed by atoms with van der Waals surface area (Å²) in [5.41, 5.74) is 2.29. The van der Waals surface area contributed by atoms with Gasteiger partial charge in [-0.2, -0.15) is 0 Å². The molecule has 1 atom stereocenters. The third kappa shape index (κ3) is 6.55. The Balaban J connectivity index is 1.19. The molecular weight excluding hydrogens is 572 g/mol. The average Bonchev–Trinajstić information content (AvgIpc) is 3.36. The summed E-state index contributed by atoms with van der Waals surface area (Å²) in [6.45, 7) is 7.36. The summed E-state index contributed by atoms with van der Waals surface area (Å²) >= 11 is 15.4. The number of nitrogens with one attached hydrogen (secondary N) is 1. The molecule has 0 radical (unpaired) electrons. The molecular formula is C24H32Cl2IN5O. The van der Waals surface area contributed by atoms with Crippen molar-refractivity contribution in [3.8, 4) is 0 Å². The zero-order valence-corrected chi connectivity index (χ0v) is 22.7. The molecule has 2 aliphatic rings. The highest BCUT2D eigenvalue weighted by Gasteiger charge is 2.25. The standard InChI is InChI=1S/C24H32Cl2IN5O/c1-17(27)19-14-21(25)23(26)22(15-19)31-12-10-30(11-13-31)8-6-18-2-4-20(5-3-18)29-24(33)32-9-7-28-16-32/h7,9,14-18,20H,2-6,8,10-13H2,1H3,(H,29,33)/t17-,18?,20?/m0/s1. The number of alkyl halides is 1. The van der Waals surface area contributed by atoms with E-state index < -0.39 is 0 Å². The van der Waals surface area contributed by atoms with Crippen molar-refractivity contribution >= 4 is 57.5 Å². The van der Waals surface area contributed by atoms with Gasteiger partial charge in [0.05, 0.1) is 15.7 Å². The van der Waals surface area contributed by atoms with Crippen LogP contribution in [0.15, 0.2) is 30.9 Å². The van der Waals surface area contributed by atoms with Crippen LogP contribution in [0.25, 0.3) is 0 Å². The maximum absolute atomic E-state index is 12.2. The summed E-state index contributed by atoms with van der Waals surface area (Å²) in [6, 6.07) is 4.38. The van der Waals surface area contributed by atoms with Gasteiger partial charge in [-0.1, -0.05) is 45.8 Å². The number of piperazine rings is 1. The minimum atomic E-state index is -0.0753. The second kappa shape index (κ2) is 11.6. The van der Waals surface area contributed by atoms with E-state index in [0.29, 0.717) is 14.0 Å². The Bertz CT molecular complexity index is 923. The lowest BCUT2D eigenvalue weighted by Crippen LogP contribution is -2.47. The third-order valence-corrected chi connectivity index (χ3v) is 8.48. The van der Waals surface area contributed by atoms with Gasteiger partial charge in [-0.25, -0.2) is 9.78 Å². The van der Waals surface area contributed by atoms with Crippen molar-refractivity contribution in [1.29, 1.82) is 0 Å². The monoisotopic (exact) mass is 603 g/mol. The molecule has 33 heavy (non-hydrogen) atoms.